The molecular formula is C17H22N4O2S3. The lowest BCUT2D eigenvalue weighted by Gasteiger charge is -2.15. The van der Waals surface area contributed by atoms with E-state index in [0.29, 0.717) is 16.8 Å². The van der Waals surface area contributed by atoms with Crippen molar-refractivity contribution in [2.24, 2.45) is 5.92 Å². The third-order valence-electron chi connectivity index (χ3n) is 3.06. The summed E-state index contributed by atoms with van der Waals surface area (Å²) in [4.78, 5) is 24.3. The van der Waals surface area contributed by atoms with Gasteiger partial charge in [0.2, 0.25) is 5.91 Å². The molecule has 0 bridgehead atoms. The number of aromatic nitrogens is 2. The SMILES string of the molecule is CCNC(=O)NC(=O)[C@H](Sc1nnc(SCC(C)C)s1)c1ccccc1. The summed E-state index contributed by atoms with van der Waals surface area (Å²) in [5, 5.41) is 12.8. The van der Waals surface area contributed by atoms with E-state index in [1.165, 1.54) is 23.1 Å². The highest BCUT2D eigenvalue weighted by atomic mass is 32.2. The van der Waals surface area contributed by atoms with Gasteiger partial charge in [-0.05, 0) is 18.4 Å². The Bertz CT molecular complexity index is 722. The Kier molecular flexibility index (Phi) is 8.40. The molecule has 0 aliphatic carbocycles. The number of nitrogens with zero attached hydrogens (tertiary/aromatic N) is 2. The number of amides is 3. The molecule has 2 N–H and O–H groups in total. The van der Waals surface area contributed by atoms with Gasteiger partial charge in [0.1, 0.15) is 5.25 Å². The summed E-state index contributed by atoms with van der Waals surface area (Å²) in [5.74, 6) is 1.16. The Morgan fingerprint density at radius 2 is 1.85 bits per heavy atom. The van der Waals surface area contributed by atoms with Crippen LogP contribution in [0.3, 0.4) is 0 Å². The minimum Gasteiger partial charge on any atom is -0.338 e. The lowest BCUT2D eigenvalue weighted by atomic mass is 10.1. The van der Waals surface area contributed by atoms with Crippen LogP contribution in [-0.4, -0.2) is 34.4 Å². The maximum absolute atomic E-state index is 12.6. The van der Waals surface area contributed by atoms with Crippen molar-refractivity contribution in [1.29, 1.82) is 0 Å². The van der Waals surface area contributed by atoms with Crippen LogP contribution in [0.25, 0.3) is 0 Å². The fourth-order valence-corrected chi connectivity index (χ4v) is 5.11. The summed E-state index contributed by atoms with van der Waals surface area (Å²) in [5.41, 5.74) is 0.811. The summed E-state index contributed by atoms with van der Waals surface area (Å²) in [6.07, 6.45) is 0. The van der Waals surface area contributed by atoms with E-state index in [-0.39, 0.29) is 5.91 Å². The van der Waals surface area contributed by atoms with Gasteiger partial charge in [0.05, 0.1) is 0 Å². The van der Waals surface area contributed by atoms with Crippen LogP contribution >= 0.6 is 34.9 Å². The lowest BCUT2D eigenvalue weighted by Crippen LogP contribution is -2.41. The van der Waals surface area contributed by atoms with Gasteiger partial charge in [-0.1, -0.05) is 79.0 Å². The number of benzene rings is 1. The van der Waals surface area contributed by atoms with Crippen molar-refractivity contribution in [3.63, 3.8) is 0 Å². The zero-order valence-corrected chi connectivity index (χ0v) is 17.3. The average molecular weight is 411 g/mol. The van der Waals surface area contributed by atoms with Crippen molar-refractivity contribution in [3.05, 3.63) is 35.9 Å². The second kappa shape index (κ2) is 10.5. The Hall–Kier alpha value is -1.58. The molecule has 0 saturated carbocycles. The van der Waals surface area contributed by atoms with E-state index in [4.69, 9.17) is 0 Å². The summed E-state index contributed by atoms with van der Waals surface area (Å²) >= 11 is 4.44. The summed E-state index contributed by atoms with van der Waals surface area (Å²) < 4.78 is 1.59. The van der Waals surface area contributed by atoms with Gasteiger partial charge in [-0.25, -0.2) is 4.79 Å². The lowest BCUT2D eigenvalue weighted by molar-refractivity contribution is -0.119. The number of rotatable bonds is 8. The zero-order valence-electron chi connectivity index (χ0n) is 14.9. The predicted octanol–water partition coefficient (Wildman–Crippen LogP) is 3.97. The van der Waals surface area contributed by atoms with Crippen LogP contribution in [0.1, 0.15) is 31.6 Å². The number of thioether (sulfide) groups is 2. The van der Waals surface area contributed by atoms with Crippen LogP contribution in [0, 0.1) is 5.92 Å². The molecule has 0 spiro atoms. The van der Waals surface area contributed by atoms with E-state index in [2.05, 4.69) is 34.7 Å². The fourth-order valence-electron chi connectivity index (χ4n) is 1.92. The molecule has 0 aliphatic rings. The molecule has 1 aromatic carbocycles. The van der Waals surface area contributed by atoms with Crippen LogP contribution in [0.5, 0.6) is 0 Å². The van der Waals surface area contributed by atoms with Crippen molar-refractivity contribution in [3.8, 4) is 0 Å². The Labute approximate surface area is 165 Å². The molecule has 0 radical (unpaired) electrons. The normalized spacial score (nSPS) is 12.0. The van der Waals surface area contributed by atoms with Crippen molar-refractivity contribution in [1.82, 2.24) is 20.8 Å². The third kappa shape index (κ3) is 6.62. The molecule has 2 aromatic rings. The van der Waals surface area contributed by atoms with Gasteiger partial charge in [-0.3, -0.25) is 10.1 Å². The number of hydrogen-bond donors (Lipinski definition) is 2. The topological polar surface area (TPSA) is 84.0 Å². The first-order chi connectivity index (χ1) is 12.5. The quantitative estimate of drug-likeness (QED) is 0.641. The Balaban J connectivity index is 2.12. The molecule has 1 atom stereocenters. The smallest absolute Gasteiger partial charge is 0.321 e. The fraction of sp³-hybridized carbons (Fsp3) is 0.412. The summed E-state index contributed by atoms with van der Waals surface area (Å²) in [7, 11) is 0. The molecule has 140 valence electrons. The Morgan fingerprint density at radius 1 is 1.15 bits per heavy atom. The number of urea groups is 1. The Morgan fingerprint density at radius 3 is 2.50 bits per heavy atom. The van der Waals surface area contributed by atoms with Crippen LogP contribution in [-0.2, 0) is 4.79 Å². The van der Waals surface area contributed by atoms with Gasteiger partial charge in [0.25, 0.3) is 0 Å². The highest BCUT2D eigenvalue weighted by molar-refractivity contribution is 8.03. The van der Waals surface area contributed by atoms with Crippen molar-refractivity contribution >= 4 is 46.8 Å². The maximum atomic E-state index is 12.6. The molecule has 0 unspecified atom stereocenters. The second-order valence-corrected chi connectivity index (χ2v) is 9.39. The van der Waals surface area contributed by atoms with E-state index in [1.807, 2.05) is 30.3 Å². The summed E-state index contributed by atoms with van der Waals surface area (Å²) in [6, 6.07) is 8.86. The van der Waals surface area contributed by atoms with E-state index < -0.39 is 11.3 Å². The van der Waals surface area contributed by atoms with E-state index in [1.54, 1.807) is 18.7 Å². The van der Waals surface area contributed by atoms with Crippen LogP contribution in [0.15, 0.2) is 39.0 Å². The second-order valence-electron chi connectivity index (χ2n) is 5.80. The first-order valence-electron chi connectivity index (χ1n) is 8.26. The van der Waals surface area contributed by atoms with Crippen molar-refractivity contribution < 1.29 is 9.59 Å². The maximum Gasteiger partial charge on any atom is 0.321 e. The molecule has 2 rings (SSSR count). The van der Waals surface area contributed by atoms with Gasteiger partial charge in [0, 0.05) is 12.3 Å². The van der Waals surface area contributed by atoms with Crippen LogP contribution < -0.4 is 10.6 Å². The van der Waals surface area contributed by atoms with E-state index in [9.17, 15) is 9.59 Å². The number of imide groups is 1. The zero-order chi connectivity index (χ0) is 18.9. The van der Waals surface area contributed by atoms with E-state index >= 15 is 0 Å². The van der Waals surface area contributed by atoms with Gasteiger partial charge >= 0.3 is 6.03 Å². The van der Waals surface area contributed by atoms with Crippen molar-refractivity contribution in [2.75, 3.05) is 12.3 Å². The predicted molar refractivity (Wildman–Crippen MR) is 108 cm³/mol. The first kappa shape index (κ1) is 20.7. The largest absolute Gasteiger partial charge is 0.338 e. The molecule has 9 heteroatoms. The molecule has 0 fully saturated rings. The highest BCUT2D eigenvalue weighted by Crippen LogP contribution is 2.38. The van der Waals surface area contributed by atoms with Gasteiger partial charge in [0.15, 0.2) is 8.68 Å². The molecule has 3 amide bonds. The first-order valence-corrected chi connectivity index (χ1v) is 10.9. The standard InChI is InChI=1S/C17H22N4O2S3/c1-4-18-15(23)19-14(22)13(12-8-6-5-7-9-12)25-17-21-20-16(26-17)24-10-11(2)3/h5-9,11,13H,4,10H2,1-3H3,(H2,18,19,22,23)/t13-/m1/s1. The molecule has 1 aromatic heterocycles. The average Bonchev–Trinajstić information content (AvgIpc) is 3.06. The van der Waals surface area contributed by atoms with Crippen LogP contribution in [0.4, 0.5) is 4.79 Å². The number of carbonyl (C=O) groups excluding carboxylic acids is 2. The van der Waals surface area contributed by atoms with Gasteiger partial charge in [-0.15, -0.1) is 10.2 Å². The van der Waals surface area contributed by atoms with Gasteiger partial charge in [-0.2, -0.15) is 0 Å². The number of hydrogen-bond acceptors (Lipinski definition) is 7. The van der Waals surface area contributed by atoms with Gasteiger partial charge < -0.3 is 5.32 Å². The highest BCUT2D eigenvalue weighted by Gasteiger charge is 2.25. The minimum absolute atomic E-state index is 0.376. The minimum atomic E-state index is -0.574. The molecular weight excluding hydrogens is 388 g/mol. The number of nitrogens with one attached hydrogen (secondary N) is 2. The monoisotopic (exact) mass is 410 g/mol. The summed E-state index contributed by atoms with van der Waals surface area (Å²) in [6.45, 7) is 6.56. The van der Waals surface area contributed by atoms with E-state index in [0.717, 1.165) is 15.7 Å². The number of carbonyl (C=O) groups is 2. The van der Waals surface area contributed by atoms with Crippen LogP contribution in [0.2, 0.25) is 0 Å². The molecule has 0 aliphatic heterocycles. The molecule has 1 heterocycles. The van der Waals surface area contributed by atoms with Crippen molar-refractivity contribution in [2.45, 2.75) is 34.7 Å². The third-order valence-corrected chi connectivity index (χ3v) is 6.88. The molecule has 0 saturated heterocycles. The molecule has 26 heavy (non-hydrogen) atoms. The molecule has 6 nitrogen and oxygen atoms in total.